The van der Waals surface area contributed by atoms with E-state index in [1.54, 1.807) is 24.3 Å². The summed E-state index contributed by atoms with van der Waals surface area (Å²) in [5, 5.41) is 4.13. The number of rotatable bonds is 3. The van der Waals surface area contributed by atoms with Crippen LogP contribution in [-0.4, -0.2) is 19.8 Å². The summed E-state index contributed by atoms with van der Waals surface area (Å²) in [5.41, 5.74) is 3.47. The Balaban J connectivity index is 2.11. The maximum atomic E-state index is 11.5. The van der Waals surface area contributed by atoms with Gasteiger partial charge in [-0.2, -0.15) is 0 Å². The van der Waals surface area contributed by atoms with Crippen LogP contribution in [0.25, 0.3) is 22.4 Å². The Labute approximate surface area is 129 Å². The summed E-state index contributed by atoms with van der Waals surface area (Å²) in [4.78, 5) is 0.290. The van der Waals surface area contributed by atoms with E-state index in [-0.39, 0.29) is 4.90 Å². The van der Waals surface area contributed by atoms with Crippen LogP contribution in [0.2, 0.25) is 0 Å². The largest absolute Gasteiger partial charge is 0.360 e. The van der Waals surface area contributed by atoms with Crippen molar-refractivity contribution in [1.82, 2.24) is 5.16 Å². The summed E-state index contributed by atoms with van der Waals surface area (Å²) < 4.78 is 28.4. The summed E-state index contributed by atoms with van der Waals surface area (Å²) in [6.07, 6.45) is 1.19. The van der Waals surface area contributed by atoms with Crippen molar-refractivity contribution in [3.8, 4) is 22.4 Å². The molecule has 0 unspecified atom stereocenters. The van der Waals surface area contributed by atoms with Crippen LogP contribution in [0.5, 0.6) is 0 Å². The zero-order valence-electron chi connectivity index (χ0n) is 12.3. The lowest BCUT2D eigenvalue weighted by Gasteiger charge is -2.04. The first-order valence-corrected chi connectivity index (χ1v) is 8.68. The quantitative estimate of drug-likeness (QED) is 0.739. The molecule has 3 aromatic rings. The fourth-order valence-corrected chi connectivity index (χ4v) is 3.00. The molecule has 0 saturated heterocycles. The van der Waals surface area contributed by atoms with Crippen LogP contribution in [0.4, 0.5) is 0 Å². The van der Waals surface area contributed by atoms with Crippen molar-refractivity contribution >= 4 is 9.84 Å². The molecule has 0 aliphatic rings. The highest BCUT2D eigenvalue weighted by molar-refractivity contribution is 7.90. The molecule has 1 aromatic heterocycles. The third-order valence-electron chi connectivity index (χ3n) is 3.48. The van der Waals surface area contributed by atoms with Gasteiger partial charge >= 0.3 is 0 Å². The standard InChI is InChI=1S/C17H15NO3S/c1-12-16(13-6-4-3-5-7-13)17(18-21-12)14-8-10-15(11-9-14)22(2,19)20/h3-11H,1-2H3. The highest BCUT2D eigenvalue weighted by Crippen LogP contribution is 2.34. The van der Waals surface area contributed by atoms with E-state index < -0.39 is 9.84 Å². The molecule has 22 heavy (non-hydrogen) atoms. The van der Waals surface area contributed by atoms with Crippen molar-refractivity contribution in [2.45, 2.75) is 11.8 Å². The minimum Gasteiger partial charge on any atom is -0.360 e. The number of sulfone groups is 1. The second kappa shape index (κ2) is 5.42. The van der Waals surface area contributed by atoms with Gasteiger partial charge in [-0.1, -0.05) is 47.6 Å². The molecule has 112 valence electrons. The van der Waals surface area contributed by atoms with E-state index in [1.165, 1.54) is 6.26 Å². The van der Waals surface area contributed by atoms with Gasteiger partial charge in [-0.3, -0.25) is 0 Å². The lowest BCUT2D eigenvalue weighted by atomic mass is 10.00. The molecule has 0 saturated carbocycles. The fourth-order valence-electron chi connectivity index (χ4n) is 2.37. The fraction of sp³-hybridized carbons (Fsp3) is 0.118. The van der Waals surface area contributed by atoms with Gasteiger partial charge in [-0.25, -0.2) is 8.42 Å². The summed E-state index contributed by atoms with van der Waals surface area (Å²) >= 11 is 0. The van der Waals surface area contributed by atoms with E-state index in [1.807, 2.05) is 37.3 Å². The number of hydrogen-bond acceptors (Lipinski definition) is 4. The molecular weight excluding hydrogens is 298 g/mol. The summed E-state index contributed by atoms with van der Waals surface area (Å²) in [6.45, 7) is 1.86. The minimum absolute atomic E-state index is 0.290. The van der Waals surface area contributed by atoms with Crippen molar-refractivity contribution in [3.63, 3.8) is 0 Å². The van der Waals surface area contributed by atoms with Gasteiger partial charge in [0.05, 0.1) is 10.5 Å². The average Bonchev–Trinajstić information content (AvgIpc) is 2.89. The van der Waals surface area contributed by atoms with Gasteiger partial charge in [0.1, 0.15) is 11.5 Å². The van der Waals surface area contributed by atoms with Gasteiger partial charge in [-0.15, -0.1) is 0 Å². The molecule has 0 amide bonds. The minimum atomic E-state index is -3.20. The topological polar surface area (TPSA) is 60.2 Å². The van der Waals surface area contributed by atoms with E-state index in [0.717, 1.165) is 22.5 Å². The van der Waals surface area contributed by atoms with Gasteiger partial charge in [0.25, 0.3) is 0 Å². The summed E-state index contributed by atoms with van der Waals surface area (Å²) in [5.74, 6) is 0.730. The van der Waals surface area contributed by atoms with Crippen LogP contribution in [-0.2, 0) is 9.84 Å². The monoisotopic (exact) mass is 313 g/mol. The molecule has 0 spiro atoms. The molecule has 0 aliphatic heterocycles. The van der Waals surface area contributed by atoms with Crippen molar-refractivity contribution in [1.29, 1.82) is 0 Å². The molecule has 2 aromatic carbocycles. The highest BCUT2D eigenvalue weighted by atomic mass is 32.2. The smallest absolute Gasteiger partial charge is 0.175 e. The van der Waals surface area contributed by atoms with Gasteiger partial charge in [0, 0.05) is 11.8 Å². The molecule has 1 heterocycles. The van der Waals surface area contributed by atoms with Crippen molar-refractivity contribution in [3.05, 3.63) is 60.4 Å². The van der Waals surface area contributed by atoms with Crippen LogP contribution in [0.3, 0.4) is 0 Å². The van der Waals surface area contributed by atoms with E-state index in [9.17, 15) is 8.42 Å². The zero-order chi connectivity index (χ0) is 15.7. The van der Waals surface area contributed by atoms with E-state index >= 15 is 0 Å². The SMILES string of the molecule is Cc1onc(-c2ccc(S(C)(=O)=O)cc2)c1-c1ccccc1. The van der Waals surface area contributed by atoms with Crippen molar-refractivity contribution in [2.75, 3.05) is 6.26 Å². The maximum Gasteiger partial charge on any atom is 0.175 e. The molecule has 5 heteroatoms. The molecule has 4 nitrogen and oxygen atoms in total. The Kier molecular flexibility index (Phi) is 3.58. The van der Waals surface area contributed by atoms with E-state index in [4.69, 9.17) is 4.52 Å². The number of aromatic nitrogens is 1. The first-order chi connectivity index (χ1) is 10.5. The molecule has 0 bridgehead atoms. The van der Waals surface area contributed by atoms with Gasteiger partial charge in [0.2, 0.25) is 0 Å². The Morgan fingerprint density at radius 2 is 1.55 bits per heavy atom. The maximum absolute atomic E-state index is 11.5. The number of hydrogen-bond donors (Lipinski definition) is 0. The van der Waals surface area contributed by atoms with Crippen LogP contribution in [0.1, 0.15) is 5.76 Å². The average molecular weight is 313 g/mol. The Morgan fingerprint density at radius 1 is 0.909 bits per heavy atom. The molecule has 0 fully saturated rings. The molecule has 0 atom stereocenters. The van der Waals surface area contributed by atoms with Gasteiger partial charge < -0.3 is 4.52 Å². The van der Waals surface area contributed by atoms with Crippen LogP contribution >= 0.6 is 0 Å². The highest BCUT2D eigenvalue weighted by Gasteiger charge is 2.17. The molecule has 0 aliphatic carbocycles. The van der Waals surface area contributed by atoms with E-state index in [0.29, 0.717) is 5.69 Å². The second-order valence-corrected chi connectivity index (χ2v) is 7.14. The molecule has 0 radical (unpaired) electrons. The Bertz CT molecular complexity index is 895. The second-order valence-electron chi connectivity index (χ2n) is 5.12. The first kappa shape index (κ1) is 14.5. The van der Waals surface area contributed by atoms with E-state index in [2.05, 4.69) is 5.16 Å². The van der Waals surface area contributed by atoms with Crippen LogP contribution in [0.15, 0.2) is 64.0 Å². The molecule has 0 N–H and O–H groups in total. The molecular formula is C17H15NO3S. The number of benzene rings is 2. The first-order valence-electron chi connectivity index (χ1n) is 6.79. The van der Waals surface area contributed by atoms with Crippen LogP contribution < -0.4 is 0 Å². The normalized spacial score (nSPS) is 11.5. The summed E-state index contributed by atoms with van der Waals surface area (Å²) in [6, 6.07) is 16.5. The lowest BCUT2D eigenvalue weighted by Crippen LogP contribution is -1.96. The zero-order valence-corrected chi connectivity index (χ0v) is 13.1. The number of aryl methyl sites for hydroxylation is 1. The predicted octanol–water partition coefficient (Wildman–Crippen LogP) is 3.72. The molecule has 3 rings (SSSR count). The Morgan fingerprint density at radius 3 is 2.14 bits per heavy atom. The Hall–Kier alpha value is -2.40. The predicted molar refractivity (Wildman–Crippen MR) is 85.2 cm³/mol. The third-order valence-corrected chi connectivity index (χ3v) is 4.61. The van der Waals surface area contributed by atoms with Gasteiger partial charge in [-0.05, 0) is 24.6 Å². The van der Waals surface area contributed by atoms with Crippen molar-refractivity contribution < 1.29 is 12.9 Å². The van der Waals surface area contributed by atoms with Crippen molar-refractivity contribution in [2.24, 2.45) is 0 Å². The third kappa shape index (κ3) is 2.67. The lowest BCUT2D eigenvalue weighted by molar-refractivity contribution is 0.400. The van der Waals surface area contributed by atoms with Gasteiger partial charge in [0.15, 0.2) is 9.84 Å². The summed E-state index contributed by atoms with van der Waals surface area (Å²) in [7, 11) is -3.20. The number of nitrogens with zero attached hydrogens (tertiary/aromatic N) is 1. The van der Waals surface area contributed by atoms with Crippen LogP contribution in [0, 0.1) is 6.92 Å².